The molecule has 2 aliphatic carbocycles. The first kappa shape index (κ1) is 17.4. The normalized spacial score (nSPS) is 25.9. The van der Waals surface area contributed by atoms with E-state index < -0.39 is 27.6 Å². The van der Waals surface area contributed by atoms with Crippen LogP contribution in [0.4, 0.5) is 0 Å². The quantitative estimate of drug-likeness (QED) is 0.729. The molecule has 3 aliphatic rings. The summed E-state index contributed by atoms with van der Waals surface area (Å²) in [6, 6.07) is -0.609. The number of aryl methyl sites for hydroxylation is 1. The van der Waals surface area contributed by atoms with Crippen molar-refractivity contribution in [1.29, 1.82) is 0 Å². The second-order valence-corrected chi connectivity index (χ2v) is 9.61. The van der Waals surface area contributed by atoms with Gasteiger partial charge >= 0.3 is 0 Å². The molecule has 0 radical (unpaired) electrons. The summed E-state index contributed by atoms with van der Waals surface area (Å²) in [4.78, 5) is 24.9. The molecule has 2 aromatic rings. The highest BCUT2D eigenvalue weighted by Crippen LogP contribution is 2.47. The molecule has 2 atom stereocenters. The van der Waals surface area contributed by atoms with Crippen molar-refractivity contribution in [2.75, 3.05) is 6.26 Å². The Bertz CT molecular complexity index is 1260. The lowest BCUT2D eigenvalue weighted by Gasteiger charge is -2.39. The summed E-state index contributed by atoms with van der Waals surface area (Å²) >= 11 is 0. The van der Waals surface area contributed by atoms with Crippen LogP contribution in [-0.2, 0) is 26.4 Å². The molecule has 3 heterocycles. The summed E-state index contributed by atoms with van der Waals surface area (Å²) in [5, 5.41) is 10.2. The largest absolute Gasteiger partial charge is 0.355 e. The highest BCUT2D eigenvalue weighted by molar-refractivity contribution is 7.94. The Labute approximate surface area is 160 Å². The van der Waals surface area contributed by atoms with E-state index in [4.69, 9.17) is 4.74 Å². The van der Waals surface area contributed by atoms with Gasteiger partial charge in [-0.25, -0.2) is 8.42 Å². The first-order valence-corrected chi connectivity index (χ1v) is 10.7. The van der Waals surface area contributed by atoms with Gasteiger partial charge in [-0.1, -0.05) is 0 Å². The van der Waals surface area contributed by atoms with Crippen LogP contribution in [-0.4, -0.2) is 53.1 Å². The number of H-pyrrole nitrogens is 1. The molecule has 0 bridgehead atoms. The number of allylic oxidation sites excluding steroid dienone is 1. The molecule has 2 fully saturated rings. The van der Waals surface area contributed by atoms with E-state index in [-0.39, 0.29) is 16.4 Å². The van der Waals surface area contributed by atoms with Crippen LogP contribution in [0, 0.1) is 0 Å². The Morgan fingerprint density at radius 1 is 1.32 bits per heavy atom. The molecule has 2 N–H and O–H groups in total. The van der Waals surface area contributed by atoms with Crippen LogP contribution in [0.25, 0.3) is 16.5 Å². The molecule has 1 amide bonds. The summed E-state index contributed by atoms with van der Waals surface area (Å²) in [6.07, 6.45) is 8.10. The van der Waals surface area contributed by atoms with Gasteiger partial charge in [-0.15, -0.1) is 0 Å². The molecule has 2 unspecified atom stereocenters. The summed E-state index contributed by atoms with van der Waals surface area (Å²) in [5.74, 6) is -0.215. The van der Waals surface area contributed by atoms with Crippen LogP contribution < -0.4 is 10.9 Å². The van der Waals surface area contributed by atoms with Gasteiger partial charge < -0.3 is 14.6 Å². The number of aromatic nitrogens is 3. The first-order chi connectivity index (χ1) is 13.2. The molecule has 10 heteroatoms. The maximum Gasteiger partial charge on any atom is 0.276 e. The number of sulfone groups is 1. The second kappa shape index (κ2) is 5.42. The zero-order valence-electron chi connectivity index (χ0n) is 15.2. The van der Waals surface area contributed by atoms with Crippen LogP contribution >= 0.6 is 0 Å². The summed E-state index contributed by atoms with van der Waals surface area (Å²) in [6.45, 7) is 0. The van der Waals surface area contributed by atoms with Gasteiger partial charge in [-0.3, -0.25) is 14.7 Å². The number of fused-ring (bicyclic) bond motifs is 2. The zero-order valence-corrected chi connectivity index (χ0v) is 16.0. The van der Waals surface area contributed by atoms with Crippen molar-refractivity contribution in [1.82, 2.24) is 20.1 Å². The molecule has 28 heavy (non-hydrogen) atoms. The molecule has 1 saturated carbocycles. The topological polar surface area (TPSA) is 123 Å². The van der Waals surface area contributed by atoms with Gasteiger partial charge in [-0.2, -0.15) is 5.10 Å². The number of amides is 1. The average Bonchev–Trinajstić information content (AvgIpc) is 3.23. The van der Waals surface area contributed by atoms with Gasteiger partial charge in [0.05, 0.1) is 17.1 Å². The van der Waals surface area contributed by atoms with Gasteiger partial charge in [0.25, 0.3) is 11.5 Å². The van der Waals surface area contributed by atoms with E-state index in [1.54, 1.807) is 19.3 Å². The lowest BCUT2D eigenvalue weighted by molar-refractivity contribution is -0.147. The monoisotopic (exact) mass is 402 g/mol. The number of aromatic amines is 1. The number of morpholine rings is 1. The van der Waals surface area contributed by atoms with E-state index in [1.807, 2.05) is 0 Å². The number of carbonyl (C=O) groups excluding carboxylic acids is 1. The van der Waals surface area contributed by atoms with Gasteiger partial charge in [0, 0.05) is 30.4 Å². The van der Waals surface area contributed by atoms with Crippen molar-refractivity contribution in [2.45, 2.75) is 30.6 Å². The smallest absolute Gasteiger partial charge is 0.276 e. The van der Waals surface area contributed by atoms with E-state index in [2.05, 4.69) is 15.5 Å². The Hall–Kier alpha value is -2.72. The second-order valence-electron chi connectivity index (χ2n) is 7.59. The van der Waals surface area contributed by atoms with Gasteiger partial charge in [0.2, 0.25) is 0 Å². The first-order valence-electron chi connectivity index (χ1n) is 8.85. The summed E-state index contributed by atoms with van der Waals surface area (Å²) in [7, 11) is -1.90. The fraction of sp³-hybridized carbons (Fsp3) is 0.389. The van der Waals surface area contributed by atoms with Crippen LogP contribution in [0.1, 0.15) is 18.4 Å². The van der Waals surface area contributed by atoms with Crippen molar-refractivity contribution in [2.24, 2.45) is 7.05 Å². The average molecular weight is 402 g/mol. The van der Waals surface area contributed by atoms with Crippen molar-refractivity contribution in [3.05, 3.63) is 45.4 Å². The maximum absolute atomic E-state index is 12.4. The number of nitrogens with one attached hydrogen (secondary N) is 2. The molecule has 1 spiro atoms. The molecule has 2 aromatic heterocycles. The van der Waals surface area contributed by atoms with Gasteiger partial charge in [0.1, 0.15) is 17.2 Å². The molecule has 9 nitrogen and oxygen atoms in total. The number of hydrogen-bond acceptors (Lipinski definition) is 6. The Morgan fingerprint density at radius 3 is 2.75 bits per heavy atom. The van der Waals surface area contributed by atoms with Crippen LogP contribution in [0.5, 0.6) is 0 Å². The molecule has 0 aromatic carbocycles. The summed E-state index contributed by atoms with van der Waals surface area (Å²) < 4.78 is 32.1. The lowest BCUT2D eigenvalue weighted by atomic mass is 9.88. The fourth-order valence-corrected chi connectivity index (χ4v) is 4.61. The van der Waals surface area contributed by atoms with Crippen molar-refractivity contribution < 1.29 is 17.9 Å². The van der Waals surface area contributed by atoms with Crippen molar-refractivity contribution in [3.8, 4) is 0 Å². The number of nitrogens with zero attached hydrogens (tertiary/aromatic N) is 2. The zero-order chi connectivity index (χ0) is 19.8. The SMILES string of the molecule is Cn1cc(C2=CC(S(C)(=O)=O)=CC3NC(=O)C4(CC4)OC23)c2cn[nH]c2c1=O. The van der Waals surface area contributed by atoms with Gasteiger partial charge in [-0.05, 0) is 30.6 Å². The fourth-order valence-electron chi connectivity index (χ4n) is 3.88. The van der Waals surface area contributed by atoms with E-state index in [9.17, 15) is 18.0 Å². The van der Waals surface area contributed by atoms with Crippen molar-refractivity contribution >= 4 is 32.2 Å². The predicted octanol–water partition coefficient (Wildman–Crippen LogP) is 0.00330. The third-order valence-corrected chi connectivity index (χ3v) is 6.68. The van der Waals surface area contributed by atoms with Crippen LogP contribution in [0.15, 0.2) is 34.2 Å². The number of ether oxygens (including phenoxy) is 1. The number of hydrogen-bond donors (Lipinski definition) is 2. The third-order valence-electron chi connectivity index (χ3n) is 5.57. The van der Waals surface area contributed by atoms with Crippen molar-refractivity contribution in [3.63, 3.8) is 0 Å². The van der Waals surface area contributed by atoms with E-state index in [0.29, 0.717) is 34.9 Å². The van der Waals surface area contributed by atoms with E-state index in [0.717, 1.165) is 6.26 Å². The Kier molecular flexibility index (Phi) is 3.36. The van der Waals surface area contributed by atoms with Crippen LogP contribution in [0.3, 0.4) is 0 Å². The number of carbonyl (C=O) groups is 1. The molecular formula is C18H18N4O5S. The minimum absolute atomic E-state index is 0.102. The number of pyridine rings is 1. The molecule has 5 rings (SSSR count). The molecular weight excluding hydrogens is 384 g/mol. The minimum atomic E-state index is -3.52. The van der Waals surface area contributed by atoms with Crippen LogP contribution in [0.2, 0.25) is 0 Å². The number of rotatable bonds is 2. The van der Waals surface area contributed by atoms with Gasteiger partial charge in [0.15, 0.2) is 9.84 Å². The lowest BCUT2D eigenvalue weighted by Crippen LogP contribution is -2.57. The standard InChI is InChI=1S/C18H18N4O5S/c1-22-8-12(11-7-19-21-14(11)16(22)23)10-5-9(28(2,25)26)6-13-15(10)27-18(3-4-18)17(24)20-13/h5-8,13,15H,3-4H2,1-2H3,(H,19,21)(H,20,24). The minimum Gasteiger partial charge on any atom is -0.355 e. The molecule has 1 saturated heterocycles. The van der Waals surface area contributed by atoms with E-state index >= 15 is 0 Å². The summed E-state index contributed by atoms with van der Waals surface area (Å²) in [5.41, 5.74) is 0.490. The third kappa shape index (κ3) is 2.41. The maximum atomic E-state index is 12.4. The molecule has 146 valence electrons. The van der Waals surface area contributed by atoms with E-state index in [1.165, 1.54) is 16.8 Å². The highest BCUT2D eigenvalue weighted by atomic mass is 32.2. The Balaban J connectivity index is 1.74. The Morgan fingerprint density at radius 2 is 2.07 bits per heavy atom. The highest BCUT2D eigenvalue weighted by Gasteiger charge is 2.58. The molecule has 1 aliphatic heterocycles. The predicted molar refractivity (Wildman–Crippen MR) is 101 cm³/mol.